The third kappa shape index (κ3) is 2.61. The van der Waals surface area contributed by atoms with Crippen molar-refractivity contribution >= 4 is 43.5 Å². The molecule has 1 unspecified atom stereocenters. The lowest BCUT2D eigenvalue weighted by molar-refractivity contribution is 0.428. The number of phenols is 1. The summed E-state index contributed by atoms with van der Waals surface area (Å²) in [5.74, 6) is -1.27. The standard InChI is InChI=1S/C16H13FINO3S/c1-10(18)15-12-7-8-19(14(12)9-13(17)16(15)20)23(21,22)11-5-3-2-4-6-11/h2-10,20H,1H3. The van der Waals surface area contributed by atoms with Crippen LogP contribution in [0.2, 0.25) is 0 Å². The normalized spacial score (nSPS) is 13.3. The number of rotatable bonds is 3. The van der Waals surface area contributed by atoms with Crippen LogP contribution in [0.4, 0.5) is 4.39 Å². The van der Waals surface area contributed by atoms with Crippen molar-refractivity contribution in [3.8, 4) is 5.75 Å². The summed E-state index contributed by atoms with van der Waals surface area (Å²) in [6, 6.07) is 10.6. The number of benzene rings is 2. The molecule has 23 heavy (non-hydrogen) atoms. The molecule has 0 amide bonds. The Morgan fingerprint density at radius 3 is 2.48 bits per heavy atom. The Hall–Kier alpha value is -1.61. The van der Waals surface area contributed by atoms with Crippen LogP contribution in [0.5, 0.6) is 5.75 Å². The Kier molecular flexibility index (Phi) is 4.09. The average molecular weight is 445 g/mol. The van der Waals surface area contributed by atoms with Crippen molar-refractivity contribution in [2.75, 3.05) is 0 Å². The molecule has 1 atom stereocenters. The van der Waals surface area contributed by atoms with Crippen LogP contribution < -0.4 is 0 Å². The highest BCUT2D eigenvalue weighted by Gasteiger charge is 2.23. The van der Waals surface area contributed by atoms with Gasteiger partial charge in [-0.25, -0.2) is 16.8 Å². The molecule has 0 aliphatic heterocycles. The molecule has 0 fully saturated rings. The Bertz CT molecular complexity index is 981. The Morgan fingerprint density at radius 1 is 1.22 bits per heavy atom. The van der Waals surface area contributed by atoms with E-state index in [0.717, 1.165) is 10.0 Å². The Morgan fingerprint density at radius 2 is 1.87 bits per heavy atom. The molecular weight excluding hydrogens is 432 g/mol. The van der Waals surface area contributed by atoms with Crippen LogP contribution in [-0.2, 0) is 10.0 Å². The van der Waals surface area contributed by atoms with Gasteiger partial charge in [0.05, 0.1) is 10.4 Å². The summed E-state index contributed by atoms with van der Waals surface area (Å²) in [6.07, 6.45) is 1.38. The summed E-state index contributed by atoms with van der Waals surface area (Å²) in [5, 5.41) is 10.5. The predicted molar refractivity (Wildman–Crippen MR) is 95.0 cm³/mol. The third-order valence-electron chi connectivity index (χ3n) is 3.62. The molecule has 0 bridgehead atoms. The van der Waals surface area contributed by atoms with E-state index in [9.17, 15) is 17.9 Å². The maximum Gasteiger partial charge on any atom is 0.268 e. The van der Waals surface area contributed by atoms with Crippen LogP contribution in [-0.4, -0.2) is 17.5 Å². The number of aromatic hydroxyl groups is 1. The minimum Gasteiger partial charge on any atom is -0.505 e. The van der Waals surface area contributed by atoms with Gasteiger partial charge < -0.3 is 5.11 Å². The number of nitrogens with zero attached hydrogens (tertiary/aromatic N) is 1. The molecule has 1 N–H and O–H groups in total. The summed E-state index contributed by atoms with van der Waals surface area (Å²) >= 11 is 2.06. The number of phenolic OH excluding ortho intramolecular Hbond substituents is 1. The molecule has 1 heterocycles. The van der Waals surface area contributed by atoms with Crippen LogP contribution in [0.1, 0.15) is 16.4 Å². The maximum absolute atomic E-state index is 14.1. The maximum atomic E-state index is 14.1. The van der Waals surface area contributed by atoms with E-state index in [-0.39, 0.29) is 14.3 Å². The first-order valence-electron chi connectivity index (χ1n) is 6.81. The van der Waals surface area contributed by atoms with E-state index in [1.807, 2.05) is 0 Å². The second kappa shape index (κ2) is 5.79. The smallest absolute Gasteiger partial charge is 0.268 e. The van der Waals surface area contributed by atoms with E-state index < -0.39 is 21.6 Å². The molecule has 0 saturated heterocycles. The van der Waals surface area contributed by atoms with Crippen LogP contribution >= 0.6 is 22.6 Å². The molecule has 1 aromatic heterocycles. The lowest BCUT2D eigenvalue weighted by atomic mass is 10.1. The van der Waals surface area contributed by atoms with Crippen LogP contribution in [0.25, 0.3) is 10.9 Å². The van der Waals surface area contributed by atoms with Gasteiger partial charge in [0.15, 0.2) is 11.6 Å². The number of hydrogen-bond acceptors (Lipinski definition) is 3. The molecule has 3 rings (SSSR count). The molecule has 7 heteroatoms. The minimum atomic E-state index is -3.83. The van der Waals surface area contributed by atoms with Gasteiger partial charge >= 0.3 is 0 Å². The molecule has 0 spiro atoms. The number of alkyl halides is 1. The highest BCUT2D eigenvalue weighted by Crippen LogP contribution is 2.39. The van der Waals surface area contributed by atoms with Gasteiger partial charge in [-0.1, -0.05) is 40.8 Å². The van der Waals surface area contributed by atoms with Gasteiger partial charge in [0, 0.05) is 27.1 Å². The zero-order chi connectivity index (χ0) is 16.8. The largest absolute Gasteiger partial charge is 0.505 e. The lowest BCUT2D eigenvalue weighted by Gasteiger charge is -2.12. The molecule has 120 valence electrons. The van der Waals surface area contributed by atoms with Gasteiger partial charge in [-0.05, 0) is 25.1 Å². The first-order chi connectivity index (χ1) is 10.8. The van der Waals surface area contributed by atoms with Crippen LogP contribution in [0.15, 0.2) is 53.6 Å². The quantitative estimate of drug-likeness (QED) is 0.485. The first kappa shape index (κ1) is 16.3. The van der Waals surface area contributed by atoms with E-state index >= 15 is 0 Å². The van der Waals surface area contributed by atoms with Gasteiger partial charge in [-0.15, -0.1) is 0 Å². The van der Waals surface area contributed by atoms with Crippen molar-refractivity contribution in [1.82, 2.24) is 3.97 Å². The zero-order valence-electron chi connectivity index (χ0n) is 12.1. The fourth-order valence-electron chi connectivity index (χ4n) is 2.56. The molecule has 0 aliphatic rings. The molecule has 0 aliphatic carbocycles. The second-order valence-electron chi connectivity index (χ2n) is 5.10. The molecule has 3 aromatic rings. The zero-order valence-corrected chi connectivity index (χ0v) is 15.0. The van der Waals surface area contributed by atoms with Crippen molar-refractivity contribution in [2.24, 2.45) is 0 Å². The number of aromatic nitrogens is 1. The molecule has 0 saturated carbocycles. The van der Waals surface area contributed by atoms with Crippen LogP contribution in [0, 0.1) is 5.82 Å². The fraction of sp³-hybridized carbons (Fsp3) is 0.125. The predicted octanol–water partition coefficient (Wildman–Crippen LogP) is 4.22. The van der Waals surface area contributed by atoms with Crippen molar-refractivity contribution in [3.05, 3.63) is 60.0 Å². The fourth-order valence-corrected chi connectivity index (χ4v) is 4.55. The summed E-state index contributed by atoms with van der Waals surface area (Å²) in [4.78, 5) is 0.120. The minimum absolute atomic E-state index is 0.120. The molecule has 2 aromatic carbocycles. The van der Waals surface area contributed by atoms with E-state index in [1.54, 1.807) is 31.2 Å². The van der Waals surface area contributed by atoms with Crippen molar-refractivity contribution in [1.29, 1.82) is 0 Å². The average Bonchev–Trinajstić information content (AvgIpc) is 2.92. The molecule has 4 nitrogen and oxygen atoms in total. The highest BCUT2D eigenvalue weighted by molar-refractivity contribution is 14.1. The van der Waals surface area contributed by atoms with Gasteiger partial charge in [0.1, 0.15) is 0 Å². The monoisotopic (exact) mass is 445 g/mol. The van der Waals surface area contributed by atoms with Gasteiger partial charge in [-0.2, -0.15) is 0 Å². The molecule has 0 radical (unpaired) electrons. The SMILES string of the molecule is CC(I)c1c(O)c(F)cc2c1ccn2S(=O)(=O)c1ccccc1. The Balaban J connectivity index is 2.34. The second-order valence-corrected chi connectivity index (χ2v) is 8.78. The van der Waals surface area contributed by atoms with Crippen molar-refractivity contribution in [2.45, 2.75) is 15.7 Å². The van der Waals surface area contributed by atoms with Gasteiger partial charge in [0.25, 0.3) is 10.0 Å². The van der Waals surface area contributed by atoms with E-state index in [2.05, 4.69) is 22.6 Å². The van der Waals surface area contributed by atoms with Gasteiger partial charge in [-0.3, -0.25) is 0 Å². The van der Waals surface area contributed by atoms with Crippen molar-refractivity contribution < 1.29 is 17.9 Å². The summed E-state index contributed by atoms with van der Waals surface area (Å²) in [5.41, 5.74) is 0.602. The summed E-state index contributed by atoms with van der Waals surface area (Å²) in [6.45, 7) is 1.80. The van der Waals surface area contributed by atoms with Gasteiger partial charge in [0.2, 0.25) is 0 Å². The van der Waals surface area contributed by atoms with E-state index in [4.69, 9.17) is 0 Å². The number of hydrogen-bond donors (Lipinski definition) is 1. The lowest BCUT2D eigenvalue weighted by Crippen LogP contribution is -2.11. The first-order valence-corrected chi connectivity index (χ1v) is 9.49. The number of fused-ring (bicyclic) bond motifs is 1. The number of halogens is 2. The summed E-state index contributed by atoms with van der Waals surface area (Å²) in [7, 11) is -3.83. The topological polar surface area (TPSA) is 59.3 Å². The highest BCUT2D eigenvalue weighted by atomic mass is 127. The van der Waals surface area contributed by atoms with Crippen LogP contribution in [0.3, 0.4) is 0 Å². The third-order valence-corrected chi connectivity index (χ3v) is 5.95. The van der Waals surface area contributed by atoms with E-state index in [1.165, 1.54) is 18.3 Å². The summed E-state index contributed by atoms with van der Waals surface area (Å²) < 4.78 is 40.4. The Labute approximate surface area is 146 Å². The van der Waals surface area contributed by atoms with Crippen molar-refractivity contribution in [3.63, 3.8) is 0 Å². The van der Waals surface area contributed by atoms with E-state index in [0.29, 0.717) is 10.9 Å². The molecular formula is C16H13FINO3S.